The molecule has 1 heterocycles. The summed E-state index contributed by atoms with van der Waals surface area (Å²) in [5.74, 6) is 0. The molecule has 154 valence electrons. The first-order chi connectivity index (χ1) is 13.7. The summed E-state index contributed by atoms with van der Waals surface area (Å²) in [6, 6.07) is 11.3. The van der Waals surface area contributed by atoms with E-state index >= 15 is 0 Å². The van der Waals surface area contributed by atoms with Gasteiger partial charge in [-0.25, -0.2) is 0 Å². The minimum absolute atomic E-state index is 1.09. The summed E-state index contributed by atoms with van der Waals surface area (Å²) in [6.45, 7) is 15.0. The molecule has 28 heavy (non-hydrogen) atoms. The van der Waals surface area contributed by atoms with Crippen LogP contribution < -0.4 is 0 Å². The summed E-state index contributed by atoms with van der Waals surface area (Å²) in [5, 5.41) is 0. The Morgan fingerprint density at radius 3 is 2.11 bits per heavy atom. The third-order valence-electron chi connectivity index (χ3n) is 4.78. The first-order valence-corrected chi connectivity index (χ1v) is 11.4. The lowest BCUT2D eigenvalue weighted by Gasteiger charge is -2.17. The number of aryl methyl sites for hydroxylation is 3. The Morgan fingerprint density at radius 2 is 1.50 bits per heavy atom. The Hall–Kier alpha value is -1.89. The lowest BCUT2D eigenvalue weighted by molar-refractivity contribution is 0.805. The highest BCUT2D eigenvalue weighted by Gasteiger charge is 2.21. The van der Waals surface area contributed by atoms with Gasteiger partial charge in [-0.2, -0.15) is 0 Å². The molecule has 0 N–H and O–H groups in total. The number of pyridine rings is 1. The Balaban J connectivity index is 0.000000717. The molecule has 1 aromatic carbocycles. The highest BCUT2D eigenvalue weighted by atomic mass is 14.7. The van der Waals surface area contributed by atoms with Crippen molar-refractivity contribution in [2.75, 3.05) is 0 Å². The molecule has 1 heteroatoms. The highest BCUT2D eigenvalue weighted by molar-refractivity contribution is 5.84. The first kappa shape index (κ1) is 24.1. The quantitative estimate of drug-likeness (QED) is 0.520. The molecule has 3 rings (SSSR count). The lowest BCUT2D eigenvalue weighted by atomic mass is 9.88. The van der Waals surface area contributed by atoms with Gasteiger partial charge in [-0.05, 0) is 55.4 Å². The van der Waals surface area contributed by atoms with Gasteiger partial charge in [0.25, 0.3) is 0 Å². The van der Waals surface area contributed by atoms with Gasteiger partial charge < -0.3 is 0 Å². The summed E-state index contributed by atoms with van der Waals surface area (Å²) in [4.78, 5) is 4.81. The molecule has 1 aliphatic carbocycles. The first-order valence-electron chi connectivity index (χ1n) is 11.4. The van der Waals surface area contributed by atoms with Crippen molar-refractivity contribution in [1.82, 2.24) is 4.98 Å². The third-order valence-corrected chi connectivity index (χ3v) is 4.78. The number of rotatable bonds is 4. The topological polar surface area (TPSA) is 12.9 Å². The molecule has 0 fully saturated rings. The van der Waals surface area contributed by atoms with Crippen molar-refractivity contribution >= 4 is 5.57 Å². The van der Waals surface area contributed by atoms with E-state index in [4.69, 9.17) is 4.98 Å². The van der Waals surface area contributed by atoms with E-state index < -0.39 is 0 Å². The Labute approximate surface area is 174 Å². The van der Waals surface area contributed by atoms with Gasteiger partial charge in [0.05, 0.1) is 5.69 Å². The van der Waals surface area contributed by atoms with Crippen LogP contribution in [-0.4, -0.2) is 4.98 Å². The van der Waals surface area contributed by atoms with E-state index in [9.17, 15) is 0 Å². The second kappa shape index (κ2) is 13.3. The van der Waals surface area contributed by atoms with Crippen LogP contribution in [0.15, 0.2) is 42.1 Å². The number of hydrogen-bond donors (Lipinski definition) is 0. The SMILES string of the molecule is CC.CCC.CCCC(CCC)=C1c2ccc(C)cc2CCc2cccnc21. The molecule has 0 unspecified atom stereocenters. The van der Waals surface area contributed by atoms with Crippen LogP contribution in [0.5, 0.6) is 0 Å². The van der Waals surface area contributed by atoms with Crippen molar-refractivity contribution in [3.63, 3.8) is 0 Å². The van der Waals surface area contributed by atoms with Gasteiger partial charge in [-0.1, -0.05) is 96.2 Å². The zero-order valence-corrected chi connectivity index (χ0v) is 19.4. The largest absolute Gasteiger partial charge is 0.256 e. The molecule has 0 saturated carbocycles. The molecule has 1 aliphatic rings. The second-order valence-electron chi connectivity index (χ2n) is 7.36. The maximum Gasteiger partial charge on any atom is 0.0739 e. The number of fused-ring (bicyclic) bond motifs is 2. The summed E-state index contributed by atoms with van der Waals surface area (Å²) in [7, 11) is 0. The molecule has 0 spiro atoms. The van der Waals surface area contributed by atoms with Crippen molar-refractivity contribution in [3.8, 4) is 0 Å². The molecule has 1 aromatic heterocycles. The van der Waals surface area contributed by atoms with Gasteiger partial charge in [0.15, 0.2) is 0 Å². The normalized spacial score (nSPS) is 11.8. The van der Waals surface area contributed by atoms with Gasteiger partial charge in [-0.15, -0.1) is 0 Å². The standard InChI is InChI=1S/C22H27N.C3H8.C2H6/c1-4-7-17(8-5-2)21-20-13-10-16(3)15-19(20)12-11-18-9-6-14-23-22(18)21;1-3-2;1-2/h6,9-10,13-15H,4-5,7-8,11-12H2,1-3H3;3H2,1-2H3;1-2H3. The van der Waals surface area contributed by atoms with E-state index in [1.54, 1.807) is 5.57 Å². The van der Waals surface area contributed by atoms with E-state index in [1.807, 2.05) is 20.0 Å². The van der Waals surface area contributed by atoms with Gasteiger partial charge in [0.1, 0.15) is 0 Å². The van der Waals surface area contributed by atoms with Gasteiger partial charge >= 0.3 is 0 Å². The fourth-order valence-electron chi connectivity index (χ4n) is 3.77. The van der Waals surface area contributed by atoms with E-state index in [-0.39, 0.29) is 0 Å². The molecular weight excluding hydrogens is 338 g/mol. The summed E-state index contributed by atoms with van der Waals surface area (Å²) in [6.07, 6.45) is 10.1. The summed E-state index contributed by atoms with van der Waals surface area (Å²) < 4.78 is 0. The summed E-state index contributed by atoms with van der Waals surface area (Å²) >= 11 is 0. The van der Waals surface area contributed by atoms with E-state index in [1.165, 1.54) is 65.6 Å². The summed E-state index contributed by atoms with van der Waals surface area (Å²) in [5.41, 5.74) is 9.91. The molecule has 0 radical (unpaired) electrons. The van der Waals surface area contributed by atoms with Gasteiger partial charge in [-0.3, -0.25) is 4.98 Å². The third kappa shape index (κ3) is 6.33. The monoisotopic (exact) mass is 379 g/mol. The second-order valence-corrected chi connectivity index (χ2v) is 7.36. The van der Waals surface area contributed by atoms with Crippen LogP contribution in [0, 0.1) is 6.92 Å². The lowest BCUT2D eigenvalue weighted by Crippen LogP contribution is -2.00. The molecule has 1 nitrogen and oxygen atoms in total. The maximum absolute atomic E-state index is 4.81. The Bertz CT molecular complexity index is 732. The van der Waals surface area contributed by atoms with Gasteiger partial charge in [0, 0.05) is 11.8 Å². The average Bonchev–Trinajstić information content (AvgIpc) is 2.86. The number of aromatic nitrogens is 1. The van der Waals surface area contributed by atoms with Crippen molar-refractivity contribution < 1.29 is 0 Å². The van der Waals surface area contributed by atoms with Crippen LogP contribution >= 0.6 is 0 Å². The predicted molar refractivity (Wildman–Crippen MR) is 126 cm³/mol. The number of allylic oxidation sites excluding steroid dienone is 1. The molecule has 0 aliphatic heterocycles. The Kier molecular flexibility index (Phi) is 11.5. The number of nitrogens with zero attached hydrogens (tertiary/aromatic N) is 1. The molecular formula is C27H41N. The van der Waals surface area contributed by atoms with E-state index in [0.29, 0.717) is 0 Å². The van der Waals surface area contributed by atoms with Gasteiger partial charge in [0.2, 0.25) is 0 Å². The zero-order chi connectivity index (χ0) is 20.9. The van der Waals surface area contributed by atoms with Crippen LogP contribution in [0.3, 0.4) is 0 Å². The number of hydrogen-bond acceptors (Lipinski definition) is 1. The minimum Gasteiger partial charge on any atom is -0.256 e. The van der Waals surface area contributed by atoms with Crippen LogP contribution in [-0.2, 0) is 12.8 Å². The molecule has 0 atom stereocenters. The highest BCUT2D eigenvalue weighted by Crippen LogP contribution is 2.37. The van der Waals surface area contributed by atoms with Crippen molar-refractivity contribution in [2.45, 2.75) is 93.4 Å². The predicted octanol–water partition coefficient (Wildman–Crippen LogP) is 8.33. The number of benzene rings is 1. The zero-order valence-electron chi connectivity index (χ0n) is 19.4. The fraction of sp³-hybridized carbons (Fsp3) is 0.519. The fourth-order valence-corrected chi connectivity index (χ4v) is 3.77. The average molecular weight is 380 g/mol. The van der Waals surface area contributed by atoms with Crippen LogP contribution in [0.1, 0.15) is 102 Å². The smallest absolute Gasteiger partial charge is 0.0739 e. The van der Waals surface area contributed by atoms with Crippen molar-refractivity contribution in [2.24, 2.45) is 0 Å². The van der Waals surface area contributed by atoms with E-state index in [0.717, 1.165) is 12.8 Å². The molecule has 2 aromatic rings. The molecule has 0 amide bonds. The van der Waals surface area contributed by atoms with E-state index in [2.05, 4.69) is 65.0 Å². The molecule has 0 bridgehead atoms. The van der Waals surface area contributed by atoms with Crippen molar-refractivity contribution in [1.29, 1.82) is 0 Å². The van der Waals surface area contributed by atoms with Crippen molar-refractivity contribution in [3.05, 3.63) is 70.0 Å². The Morgan fingerprint density at radius 1 is 0.893 bits per heavy atom. The maximum atomic E-state index is 4.81. The van der Waals surface area contributed by atoms with Crippen LogP contribution in [0.4, 0.5) is 0 Å². The van der Waals surface area contributed by atoms with Crippen LogP contribution in [0.25, 0.3) is 5.57 Å². The van der Waals surface area contributed by atoms with Crippen LogP contribution in [0.2, 0.25) is 0 Å². The minimum atomic E-state index is 1.09. The molecule has 0 saturated heterocycles.